The van der Waals surface area contributed by atoms with Crippen molar-refractivity contribution in [3.63, 3.8) is 0 Å². The molecule has 5 aromatic carbocycles. The molecule has 0 amide bonds. The zero-order chi connectivity index (χ0) is 31.8. The molecule has 8 rings (SSSR count). The summed E-state index contributed by atoms with van der Waals surface area (Å²) >= 11 is 0. The average Bonchev–Trinajstić information content (AvgIpc) is 3.64. The van der Waals surface area contributed by atoms with Crippen LogP contribution in [0.4, 0.5) is 0 Å². The van der Waals surface area contributed by atoms with Gasteiger partial charge in [-0.25, -0.2) is 0 Å². The molecule has 0 atom stereocenters. The maximum atomic E-state index is 6.24. The molecule has 0 saturated carbocycles. The van der Waals surface area contributed by atoms with Gasteiger partial charge in [0.2, 0.25) is 0 Å². The van der Waals surface area contributed by atoms with E-state index in [-0.39, 0.29) is 20.1 Å². The molecule has 0 unspecified atom stereocenters. The number of benzene rings is 5. The van der Waals surface area contributed by atoms with E-state index in [0.717, 1.165) is 61.3 Å². The largest absolute Gasteiger partial charge is 0.501 e. The van der Waals surface area contributed by atoms with E-state index in [2.05, 4.69) is 110 Å². The molecule has 235 valence electrons. The van der Waals surface area contributed by atoms with E-state index in [1.165, 1.54) is 16.3 Å². The Kier molecular flexibility index (Phi) is 9.11. The Morgan fingerprint density at radius 1 is 0.766 bits per heavy atom. The molecule has 3 aromatic heterocycles. The Bertz CT molecular complexity index is 2320. The molecule has 0 aliphatic heterocycles. The fraction of sp³-hybridized carbons (Fsp3) is 0.122. The number of aryl methyl sites for hydroxylation is 2. The predicted molar refractivity (Wildman–Crippen MR) is 194 cm³/mol. The Balaban J connectivity index is 0.000000178. The molecular weight excluding hydrogens is 771 g/mol. The molecule has 0 aliphatic carbocycles. The second kappa shape index (κ2) is 13.2. The molecule has 4 nitrogen and oxygen atoms in total. The number of pyridine rings is 1. The van der Waals surface area contributed by atoms with Gasteiger partial charge in [0.25, 0.3) is 0 Å². The Hall–Kier alpha value is -4.61. The van der Waals surface area contributed by atoms with Gasteiger partial charge in [-0.05, 0) is 48.1 Å². The minimum absolute atomic E-state index is 0. The molecule has 47 heavy (non-hydrogen) atoms. The number of imidazole rings is 1. The van der Waals surface area contributed by atoms with Crippen molar-refractivity contribution in [3.8, 4) is 28.3 Å². The minimum atomic E-state index is -1.28. The van der Waals surface area contributed by atoms with E-state index in [1.807, 2.05) is 66.7 Å². The molecule has 1 radical (unpaired) electrons. The van der Waals surface area contributed by atoms with Crippen LogP contribution in [0.15, 0.2) is 126 Å². The van der Waals surface area contributed by atoms with Gasteiger partial charge in [-0.15, -0.1) is 53.6 Å². The van der Waals surface area contributed by atoms with E-state index >= 15 is 0 Å². The standard InChI is InChI=1S/C25H15N2O.C16H20NSi.Ir/c1-2-9-17(10-3-1)27-22-15-6-5-14-21(22)26-25(27)20-13-8-12-19-18-11-4-7-16-23(18)28-24(19)20;1-12-6-8-14(9-7-12)15-10-13(2)16(11-17-15)18(3,4)5;/h1-12,14-16H;6-8,10-11H,1-5H3;/q2*-1;. The van der Waals surface area contributed by atoms with Crippen molar-refractivity contribution in [1.29, 1.82) is 0 Å². The van der Waals surface area contributed by atoms with Crippen LogP contribution in [-0.2, 0) is 20.1 Å². The van der Waals surface area contributed by atoms with Crippen LogP contribution in [0, 0.1) is 26.0 Å². The first kappa shape index (κ1) is 32.3. The van der Waals surface area contributed by atoms with Crippen LogP contribution in [-0.4, -0.2) is 22.6 Å². The Morgan fingerprint density at radius 2 is 1.51 bits per heavy atom. The van der Waals surface area contributed by atoms with Gasteiger partial charge in [-0.2, -0.15) is 0 Å². The van der Waals surface area contributed by atoms with E-state index in [0.29, 0.717) is 0 Å². The van der Waals surface area contributed by atoms with Crippen molar-refractivity contribution < 1.29 is 24.5 Å². The predicted octanol–water partition coefficient (Wildman–Crippen LogP) is 10.1. The third-order valence-electron chi connectivity index (χ3n) is 8.30. The summed E-state index contributed by atoms with van der Waals surface area (Å²) in [4.78, 5) is 9.56. The molecule has 3 heterocycles. The first-order valence-electron chi connectivity index (χ1n) is 15.6. The summed E-state index contributed by atoms with van der Waals surface area (Å²) in [6.45, 7) is 11.3. The van der Waals surface area contributed by atoms with Crippen molar-refractivity contribution in [2.45, 2.75) is 33.5 Å². The van der Waals surface area contributed by atoms with Crippen LogP contribution in [0.1, 0.15) is 11.1 Å². The van der Waals surface area contributed by atoms with Crippen molar-refractivity contribution >= 4 is 46.2 Å². The molecule has 0 saturated heterocycles. The number of hydrogen-bond acceptors (Lipinski definition) is 3. The molecule has 0 N–H and O–H groups in total. The number of aromatic nitrogens is 3. The van der Waals surface area contributed by atoms with Crippen LogP contribution in [0.25, 0.3) is 61.3 Å². The quantitative estimate of drug-likeness (QED) is 0.132. The van der Waals surface area contributed by atoms with Gasteiger partial charge in [0, 0.05) is 37.4 Å². The van der Waals surface area contributed by atoms with Gasteiger partial charge in [0.1, 0.15) is 5.58 Å². The van der Waals surface area contributed by atoms with Crippen LogP contribution in [0.3, 0.4) is 0 Å². The smallest absolute Gasteiger partial charge is 0.120 e. The zero-order valence-electron chi connectivity index (χ0n) is 27.1. The van der Waals surface area contributed by atoms with E-state index in [9.17, 15) is 0 Å². The van der Waals surface area contributed by atoms with Crippen molar-refractivity contribution in [2.24, 2.45) is 0 Å². The van der Waals surface area contributed by atoms with Crippen LogP contribution >= 0.6 is 0 Å². The number of furan rings is 1. The number of para-hydroxylation sites is 4. The summed E-state index contributed by atoms with van der Waals surface area (Å²) in [6.07, 6.45) is 2.06. The summed E-state index contributed by atoms with van der Waals surface area (Å²) in [5.41, 5.74) is 10.3. The minimum Gasteiger partial charge on any atom is -0.501 e. The van der Waals surface area contributed by atoms with Crippen molar-refractivity contribution in [1.82, 2.24) is 14.5 Å². The number of hydrogen-bond donors (Lipinski definition) is 0. The SMILES string of the molecule is Cc1c[c-]c(-c2cc(C)c([Si](C)(C)C)cn2)cc1.[Ir].[c-]1ccc2c(oc3ccccc32)c1-c1nc2ccccc2n1-c1ccccc1. The van der Waals surface area contributed by atoms with E-state index in [4.69, 9.17) is 9.40 Å². The maximum Gasteiger partial charge on any atom is 0.120 e. The first-order chi connectivity index (χ1) is 22.3. The normalized spacial score (nSPS) is 11.3. The fourth-order valence-electron chi connectivity index (χ4n) is 6.04. The van der Waals surface area contributed by atoms with Gasteiger partial charge >= 0.3 is 0 Å². The van der Waals surface area contributed by atoms with Crippen molar-refractivity contribution in [3.05, 3.63) is 145 Å². The second-order valence-electron chi connectivity index (χ2n) is 12.7. The number of fused-ring (bicyclic) bond motifs is 4. The van der Waals surface area contributed by atoms with Gasteiger partial charge in [0.05, 0.1) is 30.5 Å². The summed E-state index contributed by atoms with van der Waals surface area (Å²) in [5, 5.41) is 3.63. The summed E-state index contributed by atoms with van der Waals surface area (Å²) in [6, 6.07) is 45.7. The third kappa shape index (κ3) is 6.37. The zero-order valence-corrected chi connectivity index (χ0v) is 30.5. The maximum absolute atomic E-state index is 6.24. The van der Waals surface area contributed by atoms with Crippen LogP contribution in [0.2, 0.25) is 19.6 Å². The van der Waals surface area contributed by atoms with Crippen LogP contribution in [0.5, 0.6) is 0 Å². The molecule has 6 heteroatoms. The van der Waals surface area contributed by atoms with Gasteiger partial charge < -0.3 is 14.0 Å². The van der Waals surface area contributed by atoms with Crippen LogP contribution < -0.4 is 5.19 Å². The summed E-state index contributed by atoms with van der Waals surface area (Å²) < 4.78 is 8.41. The molecule has 0 bridgehead atoms. The van der Waals surface area contributed by atoms with E-state index < -0.39 is 8.07 Å². The van der Waals surface area contributed by atoms with Crippen molar-refractivity contribution in [2.75, 3.05) is 0 Å². The summed E-state index contributed by atoms with van der Waals surface area (Å²) in [7, 11) is -1.28. The Labute approximate surface area is 290 Å². The third-order valence-corrected chi connectivity index (χ3v) is 10.4. The second-order valence-corrected chi connectivity index (χ2v) is 17.7. The molecule has 0 fully saturated rings. The average molecular weight is 806 g/mol. The molecule has 0 aliphatic rings. The monoisotopic (exact) mass is 806 g/mol. The van der Waals surface area contributed by atoms with Gasteiger partial charge in [0.15, 0.2) is 0 Å². The van der Waals surface area contributed by atoms with E-state index in [1.54, 1.807) is 0 Å². The number of rotatable bonds is 4. The molecular formula is C41H35IrN3OSi-2. The molecule has 0 spiro atoms. The number of nitrogens with zero attached hydrogens (tertiary/aromatic N) is 3. The van der Waals surface area contributed by atoms with Gasteiger partial charge in [-0.3, -0.25) is 4.98 Å². The Morgan fingerprint density at radius 3 is 2.26 bits per heavy atom. The topological polar surface area (TPSA) is 43.9 Å². The molecule has 8 aromatic rings. The summed E-state index contributed by atoms with van der Waals surface area (Å²) in [5.74, 6) is 0.831. The fourth-order valence-corrected chi connectivity index (χ4v) is 7.75. The first-order valence-corrected chi connectivity index (χ1v) is 19.1. The van der Waals surface area contributed by atoms with Gasteiger partial charge in [-0.1, -0.05) is 97.7 Å².